The third-order valence-electron chi connectivity index (χ3n) is 3.75. The lowest BCUT2D eigenvalue weighted by atomic mass is 9.98. The van der Waals surface area contributed by atoms with E-state index in [1.54, 1.807) is 35.2 Å². The second-order valence-electron chi connectivity index (χ2n) is 5.05. The first-order valence-corrected chi connectivity index (χ1v) is 6.89. The molecule has 1 amide bonds. The fraction of sp³-hybridized carbons (Fsp3) is 0.176. The van der Waals surface area contributed by atoms with Gasteiger partial charge in [0.1, 0.15) is 5.82 Å². The molecule has 2 aromatic rings. The molecule has 0 aromatic heterocycles. The van der Waals surface area contributed by atoms with Gasteiger partial charge in [0, 0.05) is 17.8 Å². The molecule has 0 unspecified atom stereocenters. The van der Waals surface area contributed by atoms with E-state index in [4.69, 9.17) is 0 Å². The summed E-state index contributed by atoms with van der Waals surface area (Å²) in [7, 11) is 1.32. The monoisotopic (exact) mass is 299 g/mol. The Balaban J connectivity index is 1.90. The second-order valence-corrected chi connectivity index (χ2v) is 5.05. The second kappa shape index (κ2) is 5.60. The summed E-state index contributed by atoms with van der Waals surface area (Å²) in [6.45, 7) is 0.523. The summed E-state index contributed by atoms with van der Waals surface area (Å²) in [6.07, 6.45) is 0.667. The van der Waals surface area contributed by atoms with Crippen molar-refractivity contribution < 1.29 is 18.7 Å². The van der Waals surface area contributed by atoms with E-state index in [9.17, 15) is 14.0 Å². The molecule has 112 valence electrons. The molecule has 0 N–H and O–H groups in total. The van der Waals surface area contributed by atoms with Crippen molar-refractivity contribution in [3.8, 4) is 0 Å². The van der Waals surface area contributed by atoms with Gasteiger partial charge in [-0.05, 0) is 48.4 Å². The van der Waals surface area contributed by atoms with E-state index in [2.05, 4.69) is 4.74 Å². The minimum absolute atomic E-state index is 0.230. The molecule has 0 spiro atoms. The van der Waals surface area contributed by atoms with Gasteiger partial charge in [0.05, 0.1) is 12.7 Å². The molecule has 5 heteroatoms. The zero-order valence-electron chi connectivity index (χ0n) is 12.0. The van der Waals surface area contributed by atoms with E-state index in [1.165, 1.54) is 19.2 Å². The Morgan fingerprint density at radius 1 is 1.18 bits per heavy atom. The highest BCUT2D eigenvalue weighted by Gasteiger charge is 2.25. The average Bonchev–Trinajstić information content (AvgIpc) is 2.55. The van der Waals surface area contributed by atoms with Gasteiger partial charge in [-0.3, -0.25) is 4.79 Å². The zero-order chi connectivity index (χ0) is 15.7. The van der Waals surface area contributed by atoms with E-state index < -0.39 is 11.8 Å². The van der Waals surface area contributed by atoms with Crippen LogP contribution in [0.1, 0.15) is 26.3 Å². The van der Waals surface area contributed by atoms with Gasteiger partial charge in [0.15, 0.2) is 0 Å². The Bertz CT molecular complexity index is 740. The summed E-state index contributed by atoms with van der Waals surface area (Å²) in [5, 5.41) is 0. The largest absolute Gasteiger partial charge is 0.465 e. The summed E-state index contributed by atoms with van der Waals surface area (Å²) in [5.74, 6) is -1.08. The van der Waals surface area contributed by atoms with E-state index in [0.29, 0.717) is 29.8 Å². The maximum atomic E-state index is 13.4. The van der Waals surface area contributed by atoms with Gasteiger partial charge in [0.25, 0.3) is 5.91 Å². The molecule has 2 aromatic carbocycles. The average molecular weight is 299 g/mol. The van der Waals surface area contributed by atoms with Gasteiger partial charge in [-0.2, -0.15) is 0 Å². The summed E-state index contributed by atoms with van der Waals surface area (Å²) in [4.78, 5) is 25.5. The maximum Gasteiger partial charge on any atom is 0.337 e. The number of nitrogens with zero attached hydrogens (tertiary/aromatic N) is 1. The molecule has 0 aliphatic carbocycles. The number of carbonyl (C=O) groups is 2. The number of methoxy groups -OCH3 is 1. The Labute approximate surface area is 127 Å². The maximum absolute atomic E-state index is 13.4. The number of halogens is 1. The number of fused-ring (bicyclic) bond motifs is 1. The van der Waals surface area contributed by atoms with Crippen LogP contribution in [0.5, 0.6) is 0 Å². The molecule has 3 rings (SSSR count). The number of benzene rings is 2. The number of hydrogen-bond acceptors (Lipinski definition) is 3. The SMILES string of the molecule is COC(=O)c1ccc(N2CCc3ccc(F)cc3C2=O)cc1. The van der Waals surface area contributed by atoms with Crippen molar-refractivity contribution in [3.63, 3.8) is 0 Å². The Morgan fingerprint density at radius 3 is 2.59 bits per heavy atom. The number of amides is 1. The zero-order valence-corrected chi connectivity index (χ0v) is 12.0. The normalized spacial score (nSPS) is 13.7. The molecule has 0 radical (unpaired) electrons. The van der Waals surface area contributed by atoms with Crippen LogP contribution < -0.4 is 4.90 Å². The number of anilines is 1. The first kappa shape index (κ1) is 14.3. The number of carbonyl (C=O) groups excluding carboxylic acids is 2. The van der Waals surface area contributed by atoms with Crippen molar-refractivity contribution in [3.05, 3.63) is 65.0 Å². The number of ether oxygens (including phenoxy) is 1. The van der Waals surface area contributed by atoms with Crippen LogP contribution in [0.3, 0.4) is 0 Å². The smallest absolute Gasteiger partial charge is 0.337 e. The molecule has 4 nitrogen and oxygen atoms in total. The highest BCUT2D eigenvalue weighted by molar-refractivity contribution is 6.08. The predicted octanol–water partition coefficient (Wildman–Crippen LogP) is 2.82. The van der Waals surface area contributed by atoms with Crippen LogP contribution in [0.15, 0.2) is 42.5 Å². The minimum atomic E-state index is -0.427. The van der Waals surface area contributed by atoms with Gasteiger partial charge in [0.2, 0.25) is 0 Å². The standard InChI is InChI=1S/C17H14FNO3/c1-22-17(21)12-3-6-14(7-4-12)19-9-8-11-2-5-13(18)10-15(11)16(19)20/h2-7,10H,8-9H2,1H3. The van der Waals surface area contributed by atoms with Crippen LogP contribution in [0.2, 0.25) is 0 Å². The first-order valence-electron chi connectivity index (χ1n) is 6.89. The number of rotatable bonds is 2. The molecule has 0 fully saturated rings. The third kappa shape index (κ3) is 2.45. The van der Waals surface area contributed by atoms with Crippen molar-refractivity contribution in [2.75, 3.05) is 18.6 Å². The Morgan fingerprint density at radius 2 is 1.91 bits per heavy atom. The van der Waals surface area contributed by atoms with Crippen molar-refractivity contribution in [2.45, 2.75) is 6.42 Å². The summed E-state index contributed by atoms with van der Waals surface area (Å²) in [6, 6.07) is 10.9. The van der Waals surface area contributed by atoms with E-state index in [1.807, 2.05) is 0 Å². The van der Waals surface area contributed by atoms with Gasteiger partial charge >= 0.3 is 5.97 Å². The van der Waals surface area contributed by atoms with Crippen LogP contribution >= 0.6 is 0 Å². The van der Waals surface area contributed by atoms with Crippen molar-refractivity contribution >= 4 is 17.6 Å². The van der Waals surface area contributed by atoms with Crippen LogP contribution in [-0.2, 0) is 11.2 Å². The van der Waals surface area contributed by atoms with Crippen molar-refractivity contribution in [1.29, 1.82) is 0 Å². The topological polar surface area (TPSA) is 46.6 Å². The molecule has 1 aliphatic heterocycles. The van der Waals surface area contributed by atoms with E-state index in [0.717, 1.165) is 5.56 Å². The molecule has 1 aliphatic rings. The molecule has 0 bridgehead atoms. The highest BCUT2D eigenvalue weighted by atomic mass is 19.1. The highest BCUT2D eigenvalue weighted by Crippen LogP contribution is 2.25. The van der Waals surface area contributed by atoms with E-state index in [-0.39, 0.29) is 5.91 Å². The van der Waals surface area contributed by atoms with Crippen LogP contribution in [0.25, 0.3) is 0 Å². The number of esters is 1. The lowest BCUT2D eigenvalue weighted by Crippen LogP contribution is -2.37. The fourth-order valence-corrected chi connectivity index (χ4v) is 2.59. The summed E-state index contributed by atoms with van der Waals surface area (Å²) >= 11 is 0. The first-order chi connectivity index (χ1) is 10.6. The molecule has 0 saturated carbocycles. The Kier molecular flexibility index (Phi) is 3.63. The fourth-order valence-electron chi connectivity index (χ4n) is 2.59. The molecule has 0 atom stereocenters. The predicted molar refractivity (Wildman–Crippen MR) is 79.6 cm³/mol. The van der Waals surface area contributed by atoms with Gasteiger partial charge in [-0.15, -0.1) is 0 Å². The molecular weight excluding hydrogens is 285 g/mol. The Hall–Kier alpha value is -2.69. The number of hydrogen-bond donors (Lipinski definition) is 0. The van der Waals surface area contributed by atoms with Crippen LogP contribution in [0.4, 0.5) is 10.1 Å². The van der Waals surface area contributed by atoms with E-state index >= 15 is 0 Å². The lowest BCUT2D eigenvalue weighted by molar-refractivity contribution is 0.0600. The minimum Gasteiger partial charge on any atom is -0.465 e. The van der Waals surface area contributed by atoms with Gasteiger partial charge < -0.3 is 9.64 Å². The van der Waals surface area contributed by atoms with Crippen LogP contribution in [-0.4, -0.2) is 25.5 Å². The van der Waals surface area contributed by atoms with Crippen LogP contribution in [0, 0.1) is 5.82 Å². The summed E-state index contributed by atoms with van der Waals surface area (Å²) in [5.41, 5.74) is 2.34. The van der Waals surface area contributed by atoms with Gasteiger partial charge in [-0.1, -0.05) is 6.07 Å². The molecule has 1 heterocycles. The molecular formula is C17H14FNO3. The summed E-state index contributed by atoms with van der Waals surface area (Å²) < 4.78 is 18.0. The quantitative estimate of drug-likeness (QED) is 0.801. The third-order valence-corrected chi connectivity index (χ3v) is 3.75. The molecule has 22 heavy (non-hydrogen) atoms. The van der Waals surface area contributed by atoms with Gasteiger partial charge in [-0.25, -0.2) is 9.18 Å². The van der Waals surface area contributed by atoms with Crippen molar-refractivity contribution in [2.24, 2.45) is 0 Å². The lowest BCUT2D eigenvalue weighted by Gasteiger charge is -2.28. The molecule has 0 saturated heterocycles. The van der Waals surface area contributed by atoms with Crippen molar-refractivity contribution in [1.82, 2.24) is 0 Å².